The Kier molecular flexibility index (Phi) is 4.12. The number of halogens is 1. The normalized spacial score (nSPS) is 13.6. The molecule has 0 saturated carbocycles. The van der Waals surface area contributed by atoms with Crippen molar-refractivity contribution < 1.29 is 18.5 Å². The van der Waals surface area contributed by atoms with Crippen molar-refractivity contribution in [3.63, 3.8) is 0 Å². The second-order valence-electron chi connectivity index (χ2n) is 6.32. The lowest BCUT2D eigenvalue weighted by molar-refractivity contribution is -0.577. The van der Waals surface area contributed by atoms with Crippen molar-refractivity contribution in [3.05, 3.63) is 101 Å². The van der Waals surface area contributed by atoms with Crippen LogP contribution in [0.1, 0.15) is 26.3 Å². The summed E-state index contributed by atoms with van der Waals surface area (Å²) in [5.41, 5.74) is 2.02. The van der Waals surface area contributed by atoms with Gasteiger partial charge in [0, 0.05) is 23.3 Å². The monoisotopic (exact) mass is 359 g/mol. The van der Waals surface area contributed by atoms with Crippen molar-refractivity contribution in [2.24, 2.45) is 0 Å². The highest BCUT2D eigenvalue weighted by Gasteiger charge is 2.38. The molecule has 1 aliphatic rings. The molecule has 3 aromatic rings. The number of para-hydroxylation sites is 1. The number of nitrogens with one attached hydrogen (secondary N) is 1. The fourth-order valence-electron chi connectivity index (χ4n) is 3.07. The van der Waals surface area contributed by atoms with Crippen LogP contribution in [0.5, 0.6) is 0 Å². The molecule has 1 N–H and O–H groups in total. The van der Waals surface area contributed by atoms with Gasteiger partial charge < -0.3 is 5.32 Å². The molecule has 0 aliphatic heterocycles. The average molecular weight is 359 g/mol. The Morgan fingerprint density at radius 2 is 1.41 bits per heavy atom. The zero-order chi connectivity index (χ0) is 19.0. The average Bonchev–Trinajstić information content (AvgIpc) is 2.69. The number of hydrogen-bond donors (Lipinski definition) is 1. The lowest BCUT2D eigenvalue weighted by Gasteiger charge is -2.18. The van der Waals surface area contributed by atoms with Gasteiger partial charge >= 0.3 is 0 Å². The predicted molar refractivity (Wildman–Crippen MR) is 99.7 cm³/mol. The molecule has 0 radical (unpaired) electrons. The van der Waals surface area contributed by atoms with Crippen molar-refractivity contribution in [3.8, 4) is 0 Å². The maximum absolute atomic E-state index is 14.2. The molecule has 0 atom stereocenters. The first-order chi connectivity index (χ1) is 13.1. The van der Waals surface area contributed by atoms with E-state index in [-0.39, 0.29) is 28.6 Å². The zero-order valence-electron chi connectivity index (χ0n) is 14.6. The molecule has 0 saturated heterocycles. The number of fused-ring (bicyclic) bond motifs is 1. The number of ketones is 2. The second kappa shape index (κ2) is 6.61. The Bertz CT molecular complexity index is 1100. The van der Waals surface area contributed by atoms with Crippen molar-refractivity contribution in [2.75, 3.05) is 5.32 Å². The van der Waals surface area contributed by atoms with Crippen LogP contribution in [0, 0.1) is 12.7 Å². The van der Waals surface area contributed by atoms with E-state index in [2.05, 4.69) is 5.32 Å². The Balaban J connectivity index is 1.93. The smallest absolute Gasteiger partial charge is 0.286 e. The van der Waals surface area contributed by atoms with E-state index in [1.54, 1.807) is 53.4 Å². The van der Waals surface area contributed by atoms with Crippen LogP contribution < -0.4 is 9.88 Å². The van der Waals surface area contributed by atoms with Crippen LogP contribution in [0.4, 0.5) is 10.1 Å². The van der Waals surface area contributed by atoms with Gasteiger partial charge in [0.1, 0.15) is 5.82 Å². The number of carbonyl (C=O) groups is 2. The summed E-state index contributed by atoms with van der Waals surface area (Å²) in [6.45, 7) is 1.93. The quantitative estimate of drug-likeness (QED) is 0.724. The molecule has 0 bridgehead atoms. The third kappa shape index (κ3) is 2.93. The fourth-order valence-corrected chi connectivity index (χ4v) is 3.07. The topological polar surface area (TPSA) is 50.1 Å². The molecule has 5 heteroatoms. The van der Waals surface area contributed by atoms with E-state index in [1.165, 1.54) is 12.1 Å². The highest BCUT2D eigenvalue weighted by Crippen LogP contribution is 2.28. The summed E-state index contributed by atoms with van der Waals surface area (Å²) >= 11 is 0. The third-order valence-corrected chi connectivity index (χ3v) is 4.48. The summed E-state index contributed by atoms with van der Waals surface area (Å²) in [6.07, 6.45) is 3.43. The lowest BCUT2D eigenvalue weighted by atomic mass is 9.90. The fraction of sp³-hybridized carbons (Fsp3) is 0.0455. The molecule has 0 fully saturated rings. The van der Waals surface area contributed by atoms with Gasteiger partial charge in [0.2, 0.25) is 5.78 Å². The molecule has 132 valence electrons. The molecule has 0 spiro atoms. The van der Waals surface area contributed by atoms with Crippen LogP contribution in [0.2, 0.25) is 0 Å². The summed E-state index contributed by atoms with van der Waals surface area (Å²) < 4.78 is 15.7. The molecule has 27 heavy (non-hydrogen) atoms. The predicted octanol–water partition coefficient (Wildman–Crippen LogP) is 3.78. The number of Topliss-reactive ketones (excluding diaryl/α,β-unsaturated/α-hetero) is 2. The number of aryl methyl sites for hydroxylation is 1. The molecule has 4 rings (SSSR count). The molecule has 1 aromatic heterocycles. The van der Waals surface area contributed by atoms with E-state index in [4.69, 9.17) is 0 Å². The van der Waals surface area contributed by atoms with E-state index in [0.717, 1.165) is 5.56 Å². The van der Waals surface area contributed by atoms with Crippen LogP contribution in [0.15, 0.2) is 78.8 Å². The molecular weight excluding hydrogens is 343 g/mol. The number of allylic oxidation sites excluding steroid dienone is 2. The zero-order valence-corrected chi connectivity index (χ0v) is 14.6. The maximum Gasteiger partial charge on any atom is 0.286 e. The summed E-state index contributed by atoms with van der Waals surface area (Å²) in [7, 11) is 0. The highest BCUT2D eigenvalue weighted by atomic mass is 19.1. The van der Waals surface area contributed by atoms with Crippen LogP contribution in [-0.2, 0) is 0 Å². The van der Waals surface area contributed by atoms with Crippen molar-refractivity contribution in [1.82, 2.24) is 0 Å². The summed E-state index contributed by atoms with van der Waals surface area (Å²) in [5, 5.41) is 2.85. The number of benzene rings is 2. The van der Waals surface area contributed by atoms with Crippen LogP contribution in [0.3, 0.4) is 0 Å². The first kappa shape index (κ1) is 16.8. The minimum absolute atomic E-state index is 0.0534. The summed E-state index contributed by atoms with van der Waals surface area (Å²) in [6, 6.07) is 16.4. The molecule has 0 unspecified atom stereocenters. The van der Waals surface area contributed by atoms with Gasteiger partial charge in [-0.25, -0.2) is 4.39 Å². The maximum atomic E-state index is 14.2. The standard InChI is InChI=1S/C22H15FN2O2/c1-14-10-12-25(13-11-14)20-19(24-18-9-5-4-8-17(18)23)21(26)15-6-2-3-7-16(15)22(20)27/h2-13H,1H3/p+1. The second-order valence-corrected chi connectivity index (χ2v) is 6.32. The number of hydrogen-bond acceptors (Lipinski definition) is 3. The molecule has 1 heterocycles. The SMILES string of the molecule is Cc1cc[n+](C2=C(Nc3ccccc3F)C(=O)c3ccccc3C2=O)cc1. The highest BCUT2D eigenvalue weighted by molar-refractivity contribution is 6.36. The van der Waals surface area contributed by atoms with E-state index in [0.29, 0.717) is 11.1 Å². The minimum atomic E-state index is -0.502. The van der Waals surface area contributed by atoms with E-state index in [1.807, 2.05) is 19.1 Å². The third-order valence-electron chi connectivity index (χ3n) is 4.48. The molecule has 0 amide bonds. The van der Waals surface area contributed by atoms with Gasteiger partial charge in [-0.3, -0.25) is 9.59 Å². The number of nitrogens with zero attached hydrogens (tertiary/aromatic N) is 1. The molecular formula is C22H16FN2O2+. The lowest BCUT2D eigenvalue weighted by Crippen LogP contribution is -2.42. The van der Waals surface area contributed by atoms with Gasteiger partial charge in [0.05, 0.1) is 5.69 Å². The number of aromatic nitrogens is 1. The van der Waals surface area contributed by atoms with Gasteiger partial charge in [0.15, 0.2) is 18.1 Å². The van der Waals surface area contributed by atoms with E-state index >= 15 is 0 Å². The van der Waals surface area contributed by atoms with Crippen molar-refractivity contribution in [2.45, 2.75) is 6.92 Å². The number of anilines is 1. The van der Waals surface area contributed by atoms with Crippen molar-refractivity contribution in [1.29, 1.82) is 0 Å². The first-order valence-corrected chi connectivity index (χ1v) is 8.49. The minimum Gasteiger partial charge on any atom is -0.344 e. The largest absolute Gasteiger partial charge is 0.344 e. The Morgan fingerprint density at radius 3 is 2.07 bits per heavy atom. The summed E-state index contributed by atoms with van der Waals surface area (Å²) in [5.74, 6) is -1.15. The number of carbonyl (C=O) groups excluding carboxylic acids is 2. The molecule has 2 aromatic carbocycles. The van der Waals surface area contributed by atoms with Crippen molar-refractivity contribution >= 4 is 23.0 Å². The summed E-state index contributed by atoms with van der Waals surface area (Å²) in [4.78, 5) is 26.3. The Labute approximate surface area is 155 Å². The van der Waals surface area contributed by atoms with Crippen LogP contribution in [-0.4, -0.2) is 11.6 Å². The van der Waals surface area contributed by atoms with E-state index < -0.39 is 5.82 Å². The molecule has 1 aliphatic carbocycles. The van der Waals surface area contributed by atoms with E-state index in [9.17, 15) is 14.0 Å². The van der Waals surface area contributed by atoms with Gasteiger partial charge in [-0.2, -0.15) is 4.57 Å². The number of pyridine rings is 1. The van der Waals surface area contributed by atoms with Gasteiger partial charge in [0.25, 0.3) is 11.5 Å². The van der Waals surface area contributed by atoms with Gasteiger partial charge in [-0.05, 0) is 24.6 Å². The van der Waals surface area contributed by atoms with Crippen LogP contribution >= 0.6 is 0 Å². The van der Waals surface area contributed by atoms with Crippen LogP contribution in [0.25, 0.3) is 5.70 Å². The Morgan fingerprint density at radius 1 is 0.815 bits per heavy atom. The van der Waals surface area contributed by atoms with Gasteiger partial charge in [-0.1, -0.05) is 36.4 Å². The molecule has 4 nitrogen and oxygen atoms in total. The van der Waals surface area contributed by atoms with Gasteiger partial charge in [-0.15, -0.1) is 0 Å². The number of rotatable bonds is 3. The first-order valence-electron chi connectivity index (χ1n) is 8.49. The Hall–Kier alpha value is -3.60.